The lowest BCUT2D eigenvalue weighted by molar-refractivity contribution is -0.344. The molecule has 2 unspecified atom stereocenters. The smallest absolute Gasteiger partial charge is 0.332 e. The normalized spacial score (nSPS) is 15.0. The van der Waals surface area contributed by atoms with Crippen molar-refractivity contribution in [2.75, 3.05) is 21.3 Å². The van der Waals surface area contributed by atoms with Gasteiger partial charge in [-0.15, -0.1) is 0 Å². The summed E-state index contributed by atoms with van der Waals surface area (Å²) in [4.78, 5) is 34.4. The molecular formula is C12H19O9P-2. The minimum Gasteiger partial charge on any atom is -0.548 e. The first-order chi connectivity index (χ1) is 10.0. The fourth-order valence-electron chi connectivity index (χ4n) is 2.27. The lowest BCUT2D eigenvalue weighted by Crippen LogP contribution is -2.62. The summed E-state index contributed by atoms with van der Waals surface area (Å²) in [6.07, 6.45) is -0.282. The van der Waals surface area contributed by atoms with E-state index in [0.717, 1.165) is 21.3 Å². The van der Waals surface area contributed by atoms with Gasteiger partial charge in [0.2, 0.25) is 0 Å². The minimum absolute atomic E-state index is 0.282. The molecule has 0 radical (unpaired) electrons. The van der Waals surface area contributed by atoms with E-state index in [1.165, 1.54) is 13.8 Å². The van der Waals surface area contributed by atoms with Crippen LogP contribution in [0.5, 0.6) is 0 Å². The van der Waals surface area contributed by atoms with Crippen LogP contribution >= 0.6 is 7.60 Å². The van der Waals surface area contributed by atoms with Gasteiger partial charge in [0.15, 0.2) is 0 Å². The predicted molar refractivity (Wildman–Crippen MR) is 69.3 cm³/mol. The molecule has 0 aromatic heterocycles. The Morgan fingerprint density at radius 1 is 1.05 bits per heavy atom. The Labute approximate surface area is 128 Å². The highest BCUT2D eigenvalue weighted by Crippen LogP contribution is 2.54. The molecule has 0 saturated carbocycles. The van der Waals surface area contributed by atoms with Crippen molar-refractivity contribution >= 4 is 25.5 Å². The first kappa shape index (κ1) is 20.6. The highest BCUT2D eigenvalue weighted by Gasteiger charge is 2.49. The second-order valence-corrected chi connectivity index (χ2v) is 7.46. The number of aliphatic carboxylic acids is 2. The van der Waals surface area contributed by atoms with E-state index in [-0.39, 0.29) is 6.42 Å². The molecule has 22 heavy (non-hydrogen) atoms. The molecule has 0 bridgehead atoms. The molecule has 0 aliphatic heterocycles. The lowest BCUT2D eigenvalue weighted by atomic mass is 9.74. The first-order valence-corrected chi connectivity index (χ1v) is 7.88. The summed E-state index contributed by atoms with van der Waals surface area (Å²) in [5.74, 6) is -7.20. The van der Waals surface area contributed by atoms with Crippen LogP contribution in [0.15, 0.2) is 0 Å². The molecule has 10 heteroatoms. The highest BCUT2D eigenvalue weighted by molar-refractivity contribution is 7.54. The van der Waals surface area contributed by atoms with Gasteiger partial charge in [0, 0.05) is 14.2 Å². The Balaban J connectivity index is 5.71. The molecule has 9 nitrogen and oxygen atoms in total. The highest BCUT2D eigenvalue weighted by atomic mass is 31.2. The van der Waals surface area contributed by atoms with Gasteiger partial charge in [-0.3, -0.25) is 9.36 Å². The molecule has 0 aromatic carbocycles. The molecule has 0 heterocycles. The van der Waals surface area contributed by atoms with Crippen molar-refractivity contribution < 1.29 is 42.9 Å². The van der Waals surface area contributed by atoms with Crippen LogP contribution < -0.4 is 10.2 Å². The zero-order valence-electron chi connectivity index (χ0n) is 13.0. The van der Waals surface area contributed by atoms with E-state index in [2.05, 4.69) is 4.74 Å². The van der Waals surface area contributed by atoms with Crippen molar-refractivity contribution in [3.8, 4) is 0 Å². The van der Waals surface area contributed by atoms with Crippen molar-refractivity contribution in [3.05, 3.63) is 0 Å². The van der Waals surface area contributed by atoms with Gasteiger partial charge < -0.3 is 33.6 Å². The molecule has 0 saturated heterocycles. The Bertz CT molecular complexity index is 465. The van der Waals surface area contributed by atoms with Crippen molar-refractivity contribution in [3.63, 3.8) is 0 Å². The minimum atomic E-state index is -3.57. The molecule has 0 fully saturated rings. The van der Waals surface area contributed by atoms with Crippen LogP contribution in [-0.2, 0) is 32.7 Å². The van der Waals surface area contributed by atoms with Gasteiger partial charge in [0.25, 0.3) is 0 Å². The van der Waals surface area contributed by atoms with E-state index in [1.54, 1.807) is 0 Å². The summed E-state index contributed by atoms with van der Waals surface area (Å²) in [7, 11) is -0.461. The van der Waals surface area contributed by atoms with Crippen molar-refractivity contribution in [2.45, 2.75) is 25.9 Å². The van der Waals surface area contributed by atoms with Gasteiger partial charge >= 0.3 is 13.6 Å². The van der Waals surface area contributed by atoms with Crippen LogP contribution in [-0.4, -0.2) is 44.9 Å². The van der Waals surface area contributed by atoms with E-state index in [4.69, 9.17) is 9.05 Å². The SMILES string of the molecule is COC(=O)C(C(=O)[O-])(C(=O)[O-])C(C)CC(C)P(=O)(OC)OC. The number of carboxylic acids is 2. The Hall–Kier alpha value is -1.44. The number of carbonyl (C=O) groups is 3. The first-order valence-electron chi connectivity index (χ1n) is 6.27. The van der Waals surface area contributed by atoms with Crippen LogP contribution in [0.2, 0.25) is 0 Å². The maximum Gasteiger partial charge on any atom is 0.332 e. The van der Waals surface area contributed by atoms with Gasteiger partial charge in [0.05, 0.1) is 24.7 Å². The molecular weight excluding hydrogens is 319 g/mol. The van der Waals surface area contributed by atoms with Gasteiger partial charge in [-0.25, -0.2) is 0 Å². The van der Waals surface area contributed by atoms with E-state index in [9.17, 15) is 29.2 Å². The average molecular weight is 338 g/mol. The number of hydrogen-bond acceptors (Lipinski definition) is 9. The van der Waals surface area contributed by atoms with Crippen molar-refractivity contribution in [1.29, 1.82) is 0 Å². The number of rotatable bonds is 9. The van der Waals surface area contributed by atoms with E-state index in [1.807, 2.05) is 0 Å². The van der Waals surface area contributed by atoms with Crippen molar-refractivity contribution in [1.82, 2.24) is 0 Å². The molecule has 0 N–H and O–H groups in total. The summed E-state index contributed by atoms with van der Waals surface area (Å²) in [6.45, 7) is 2.59. The van der Waals surface area contributed by atoms with E-state index >= 15 is 0 Å². The van der Waals surface area contributed by atoms with Gasteiger partial charge in [-0.2, -0.15) is 0 Å². The summed E-state index contributed by atoms with van der Waals surface area (Å²) in [6, 6.07) is 0. The summed E-state index contributed by atoms with van der Waals surface area (Å²) >= 11 is 0. The molecule has 128 valence electrons. The van der Waals surface area contributed by atoms with Crippen LogP contribution in [0.25, 0.3) is 0 Å². The van der Waals surface area contributed by atoms with Crippen LogP contribution in [0.4, 0.5) is 0 Å². The summed E-state index contributed by atoms with van der Waals surface area (Å²) < 4.78 is 26.0. The Kier molecular flexibility index (Phi) is 7.21. The predicted octanol–water partition coefficient (Wildman–Crippen LogP) is -1.45. The summed E-state index contributed by atoms with van der Waals surface area (Å²) in [5.41, 5.74) is -3.89. The van der Waals surface area contributed by atoms with Crippen molar-refractivity contribution in [2.24, 2.45) is 11.3 Å². The maximum atomic E-state index is 12.2. The maximum absolute atomic E-state index is 12.2. The number of hydrogen-bond donors (Lipinski definition) is 0. The third-order valence-electron chi connectivity index (χ3n) is 3.63. The molecule has 0 aromatic rings. The largest absolute Gasteiger partial charge is 0.548 e. The average Bonchev–Trinajstić information content (AvgIpc) is 2.45. The van der Waals surface area contributed by atoms with Gasteiger partial charge in [0.1, 0.15) is 5.41 Å². The number of carboxylic acid groups (broad SMARTS) is 2. The quantitative estimate of drug-likeness (QED) is 0.280. The summed E-state index contributed by atoms with van der Waals surface area (Å²) in [5, 5.41) is 22.6. The number of carbonyl (C=O) groups excluding carboxylic acids is 3. The zero-order valence-corrected chi connectivity index (χ0v) is 13.9. The van der Waals surface area contributed by atoms with Gasteiger partial charge in [-0.1, -0.05) is 13.8 Å². The fourth-order valence-corrected chi connectivity index (χ4v) is 3.71. The topological polar surface area (TPSA) is 142 Å². The van der Waals surface area contributed by atoms with Crippen LogP contribution in [0, 0.1) is 11.3 Å². The molecule has 0 aliphatic rings. The van der Waals surface area contributed by atoms with Gasteiger partial charge in [-0.05, 0) is 12.3 Å². The Morgan fingerprint density at radius 2 is 1.45 bits per heavy atom. The third-order valence-corrected chi connectivity index (χ3v) is 5.94. The third kappa shape index (κ3) is 3.48. The monoisotopic (exact) mass is 338 g/mol. The Morgan fingerprint density at radius 3 is 1.73 bits per heavy atom. The molecule has 0 aliphatic carbocycles. The molecule has 0 rings (SSSR count). The van der Waals surface area contributed by atoms with E-state index in [0.29, 0.717) is 0 Å². The molecule has 0 amide bonds. The van der Waals surface area contributed by atoms with E-state index < -0.39 is 42.5 Å². The standard InChI is InChI=1S/C12H21O9P/c1-7(6-8(2)22(18,20-4)21-5)12(9(13)14,10(15)16)11(17)19-3/h7-8H,6H2,1-5H3,(H,13,14)(H,15,16)/p-2. The number of methoxy groups -OCH3 is 1. The van der Waals surface area contributed by atoms with Crippen LogP contribution in [0.1, 0.15) is 20.3 Å². The number of esters is 1. The second-order valence-electron chi connectivity index (χ2n) is 4.77. The molecule has 0 spiro atoms. The second kappa shape index (κ2) is 7.71. The lowest BCUT2D eigenvalue weighted by Gasteiger charge is -2.39. The molecule has 2 atom stereocenters. The fraction of sp³-hybridized carbons (Fsp3) is 0.750. The van der Waals surface area contributed by atoms with Crippen LogP contribution in [0.3, 0.4) is 0 Å². The number of ether oxygens (including phenoxy) is 1. The zero-order chi connectivity index (χ0) is 17.7.